The van der Waals surface area contributed by atoms with Crippen LogP contribution < -0.4 is 0 Å². The van der Waals surface area contributed by atoms with Crippen molar-refractivity contribution in [2.45, 2.75) is 52.9 Å². The van der Waals surface area contributed by atoms with E-state index in [9.17, 15) is 19.8 Å². The molecule has 32 heavy (non-hydrogen) atoms. The van der Waals surface area contributed by atoms with E-state index in [-0.39, 0.29) is 16.5 Å². The molecule has 0 aliphatic carbocycles. The third kappa shape index (κ3) is 4.31. The third-order valence-electron chi connectivity index (χ3n) is 5.85. The molecule has 0 unspecified atom stereocenters. The number of aromatic carboxylic acids is 2. The van der Waals surface area contributed by atoms with Gasteiger partial charge >= 0.3 is 11.9 Å². The predicted octanol–water partition coefficient (Wildman–Crippen LogP) is 6.98. The van der Waals surface area contributed by atoms with Crippen LogP contribution in [0.3, 0.4) is 0 Å². The minimum Gasteiger partial charge on any atom is -0.478 e. The van der Waals surface area contributed by atoms with Crippen LogP contribution in [0.4, 0.5) is 0 Å². The van der Waals surface area contributed by atoms with Crippen molar-refractivity contribution >= 4 is 11.9 Å². The maximum absolute atomic E-state index is 12.1. The molecule has 0 saturated carbocycles. The molecule has 0 bridgehead atoms. The number of hydrogen-bond donors (Lipinski definition) is 2. The van der Waals surface area contributed by atoms with Gasteiger partial charge in [-0.25, -0.2) is 9.59 Å². The molecule has 166 valence electrons. The number of carbonyl (C=O) groups is 2. The molecule has 0 spiro atoms. The Morgan fingerprint density at radius 2 is 1.28 bits per heavy atom. The van der Waals surface area contributed by atoms with Gasteiger partial charge in [-0.1, -0.05) is 76.6 Å². The predicted molar refractivity (Wildman–Crippen MR) is 129 cm³/mol. The smallest absolute Gasteiger partial charge is 0.336 e. The summed E-state index contributed by atoms with van der Waals surface area (Å²) in [6.07, 6.45) is 1.64. The maximum atomic E-state index is 12.1. The number of carboxylic acid groups (broad SMARTS) is 2. The van der Waals surface area contributed by atoms with Crippen LogP contribution >= 0.6 is 0 Å². The van der Waals surface area contributed by atoms with E-state index >= 15 is 0 Å². The molecular formula is C28H30O4. The van der Waals surface area contributed by atoms with Crippen LogP contribution in [0.25, 0.3) is 22.3 Å². The Kier molecular flexibility index (Phi) is 6.54. The number of aryl methyl sites for hydroxylation is 1. The normalized spacial score (nSPS) is 11.4. The zero-order valence-electron chi connectivity index (χ0n) is 19.3. The summed E-state index contributed by atoms with van der Waals surface area (Å²) in [5.41, 5.74) is 6.22. The molecule has 4 heteroatoms. The zero-order valence-corrected chi connectivity index (χ0v) is 19.3. The minimum atomic E-state index is -1.00. The van der Waals surface area contributed by atoms with Gasteiger partial charge in [-0.2, -0.15) is 0 Å². The molecule has 0 heterocycles. The van der Waals surface area contributed by atoms with Crippen LogP contribution in [0.5, 0.6) is 0 Å². The molecule has 0 amide bonds. The van der Waals surface area contributed by atoms with Gasteiger partial charge in [0.2, 0.25) is 0 Å². The molecule has 3 aromatic carbocycles. The number of rotatable bonds is 6. The van der Waals surface area contributed by atoms with Crippen LogP contribution in [0.15, 0.2) is 54.6 Å². The van der Waals surface area contributed by atoms with Crippen molar-refractivity contribution < 1.29 is 19.8 Å². The topological polar surface area (TPSA) is 74.6 Å². The van der Waals surface area contributed by atoms with Crippen LogP contribution in [0.2, 0.25) is 0 Å². The Labute approximate surface area is 189 Å². The molecule has 3 rings (SSSR count). The van der Waals surface area contributed by atoms with E-state index in [4.69, 9.17) is 0 Å². The van der Waals surface area contributed by atoms with Gasteiger partial charge in [0.25, 0.3) is 0 Å². The van der Waals surface area contributed by atoms with Crippen molar-refractivity contribution in [1.29, 1.82) is 0 Å². The quantitative estimate of drug-likeness (QED) is 0.442. The minimum absolute atomic E-state index is 0.162. The van der Waals surface area contributed by atoms with Crippen molar-refractivity contribution in [1.82, 2.24) is 0 Å². The van der Waals surface area contributed by atoms with Crippen molar-refractivity contribution in [3.63, 3.8) is 0 Å². The van der Waals surface area contributed by atoms with Crippen LogP contribution in [-0.4, -0.2) is 22.2 Å². The molecule has 0 aliphatic rings. The van der Waals surface area contributed by atoms with Gasteiger partial charge in [-0.3, -0.25) is 0 Å². The highest BCUT2D eigenvalue weighted by molar-refractivity contribution is 6.04. The summed E-state index contributed by atoms with van der Waals surface area (Å²) in [6, 6.07) is 16.1. The molecule has 0 radical (unpaired) electrons. The van der Waals surface area contributed by atoms with Crippen LogP contribution in [0.1, 0.15) is 71.5 Å². The van der Waals surface area contributed by atoms with Gasteiger partial charge < -0.3 is 10.2 Å². The second kappa shape index (κ2) is 8.99. The standard InChI is InChI=1S/C28H30O4/c1-6-11-18-16-23(28(3,4)5)17(2)24(19-12-7-9-14-21(19)26(29)30)25(18)20-13-8-10-15-22(20)27(31)32/h7-10,12-16H,6,11H2,1-5H3,(H,29,30)(H,31,32). The first-order valence-electron chi connectivity index (χ1n) is 10.9. The van der Waals surface area contributed by atoms with E-state index in [2.05, 4.69) is 33.8 Å². The highest BCUT2D eigenvalue weighted by Gasteiger charge is 2.27. The summed E-state index contributed by atoms with van der Waals surface area (Å²) in [6.45, 7) is 10.5. The second-order valence-corrected chi connectivity index (χ2v) is 9.16. The first-order chi connectivity index (χ1) is 15.1. The van der Waals surface area contributed by atoms with E-state index in [0.29, 0.717) is 11.1 Å². The van der Waals surface area contributed by atoms with Crippen LogP contribution in [-0.2, 0) is 11.8 Å². The molecule has 0 aliphatic heterocycles. The van der Waals surface area contributed by atoms with E-state index in [0.717, 1.165) is 40.7 Å². The zero-order chi connectivity index (χ0) is 23.6. The Bertz CT molecular complexity index is 1180. The average molecular weight is 431 g/mol. The molecule has 4 nitrogen and oxygen atoms in total. The van der Waals surface area contributed by atoms with Crippen molar-refractivity contribution in [3.8, 4) is 22.3 Å². The molecule has 0 aromatic heterocycles. The second-order valence-electron chi connectivity index (χ2n) is 9.16. The molecule has 0 fully saturated rings. The van der Waals surface area contributed by atoms with Gasteiger partial charge in [-0.05, 0) is 69.8 Å². The van der Waals surface area contributed by atoms with Gasteiger partial charge in [-0.15, -0.1) is 0 Å². The van der Waals surface area contributed by atoms with Gasteiger partial charge in [0.1, 0.15) is 0 Å². The lowest BCUT2D eigenvalue weighted by atomic mass is 9.75. The monoisotopic (exact) mass is 430 g/mol. The van der Waals surface area contributed by atoms with E-state index in [1.54, 1.807) is 24.3 Å². The largest absolute Gasteiger partial charge is 0.478 e. The third-order valence-corrected chi connectivity index (χ3v) is 5.85. The average Bonchev–Trinajstić information content (AvgIpc) is 2.73. The Morgan fingerprint density at radius 3 is 1.72 bits per heavy atom. The highest BCUT2D eigenvalue weighted by atomic mass is 16.4. The number of carboxylic acids is 2. The van der Waals surface area contributed by atoms with Crippen LogP contribution in [0, 0.1) is 6.92 Å². The van der Waals surface area contributed by atoms with Crippen molar-refractivity contribution in [2.75, 3.05) is 0 Å². The summed E-state index contributed by atoms with van der Waals surface area (Å²) in [5, 5.41) is 19.8. The lowest BCUT2D eigenvalue weighted by molar-refractivity contribution is 0.0686. The fraction of sp³-hybridized carbons (Fsp3) is 0.286. The lowest BCUT2D eigenvalue weighted by Crippen LogP contribution is -2.16. The molecule has 3 aromatic rings. The van der Waals surface area contributed by atoms with Gasteiger partial charge in [0, 0.05) is 0 Å². The first kappa shape index (κ1) is 23.3. The maximum Gasteiger partial charge on any atom is 0.336 e. The van der Waals surface area contributed by atoms with E-state index in [1.807, 2.05) is 31.2 Å². The Hall–Kier alpha value is -3.40. The molecular weight excluding hydrogens is 400 g/mol. The Morgan fingerprint density at radius 1 is 0.812 bits per heavy atom. The SMILES string of the molecule is CCCc1cc(C(C)(C)C)c(C)c(-c2ccccc2C(=O)O)c1-c1ccccc1C(=O)O. The summed E-state index contributed by atoms with van der Waals surface area (Å²) in [7, 11) is 0. The van der Waals surface area contributed by atoms with Crippen molar-refractivity contribution in [3.05, 3.63) is 82.4 Å². The van der Waals surface area contributed by atoms with E-state index < -0.39 is 11.9 Å². The number of hydrogen-bond acceptors (Lipinski definition) is 2. The molecule has 0 atom stereocenters. The fourth-order valence-corrected chi connectivity index (χ4v) is 4.50. The summed E-state index contributed by atoms with van der Waals surface area (Å²) in [4.78, 5) is 24.2. The lowest BCUT2D eigenvalue weighted by Gasteiger charge is -2.29. The fourth-order valence-electron chi connectivity index (χ4n) is 4.50. The summed E-state index contributed by atoms with van der Waals surface area (Å²) < 4.78 is 0. The highest BCUT2D eigenvalue weighted by Crippen LogP contribution is 2.44. The van der Waals surface area contributed by atoms with Gasteiger partial charge in [0.15, 0.2) is 0 Å². The Balaban J connectivity index is 2.59. The number of benzene rings is 3. The van der Waals surface area contributed by atoms with Crippen molar-refractivity contribution in [2.24, 2.45) is 0 Å². The first-order valence-corrected chi connectivity index (χ1v) is 10.9. The summed E-state index contributed by atoms with van der Waals surface area (Å²) in [5.74, 6) is -2.01. The molecule has 0 saturated heterocycles. The molecule has 2 N–H and O–H groups in total. The summed E-state index contributed by atoms with van der Waals surface area (Å²) >= 11 is 0. The van der Waals surface area contributed by atoms with Gasteiger partial charge in [0.05, 0.1) is 11.1 Å². The van der Waals surface area contributed by atoms with E-state index in [1.165, 1.54) is 0 Å².